The van der Waals surface area contributed by atoms with Gasteiger partial charge in [-0.05, 0) is 86.1 Å². The van der Waals surface area contributed by atoms with Crippen LogP contribution in [-0.4, -0.2) is 30.6 Å². The molecule has 0 bridgehead atoms. The molecule has 0 heterocycles. The summed E-state index contributed by atoms with van der Waals surface area (Å²) >= 11 is 5.89. The Morgan fingerprint density at radius 3 is 2.27 bits per heavy atom. The fraction of sp³-hybridized carbons (Fsp3) is 0.0968. The molecule has 40 heavy (non-hydrogen) atoms. The molecule has 4 aromatic rings. The normalized spacial score (nSPS) is 10.7. The number of esters is 1. The van der Waals surface area contributed by atoms with E-state index in [4.69, 9.17) is 21.1 Å². The number of aryl methyl sites for hydroxylation is 1. The number of carbonyl (C=O) groups excluding carboxylic acids is 3. The molecule has 0 unspecified atom stereocenters. The summed E-state index contributed by atoms with van der Waals surface area (Å²) in [6.07, 6.45) is 1.43. The van der Waals surface area contributed by atoms with Gasteiger partial charge in [-0.15, -0.1) is 0 Å². The predicted molar refractivity (Wildman–Crippen MR) is 155 cm³/mol. The van der Waals surface area contributed by atoms with Crippen LogP contribution in [0.1, 0.15) is 49.1 Å². The van der Waals surface area contributed by atoms with Gasteiger partial charge >= 0.3 is 5.97 Å². The van der Waals surface area contributed by atoms with Gasteiger partial charge in [-0.1, -0.05) is 41.4 Å². The topological polar surface area (TPSA) is 106 Å². The summed E-state index contributed by atoms with van der Waals surface area (Å²) in [4.78, 5) is 38.0. The third kappa shape index (κ3) is 7.33. The smallest absolute Gasteiger partial charge is 0.343 e. The Kier molecular flexibility index (Phi) is 9.27. The summed E-state index contributed by atoms with van der Waals surface area (Å²) in [5.41, 5.74) is 5.48. The van der Waals surface area contributed by atoms with Crippen molar-refractivity contribution in [1.29, 1.82) is 0 Å². The number of carbonyl (C=O) groups is 3. The van der Waals surface area contributed by atoms with Crippen molar-refractivity contribution in [3.05, 3.63) is 124 Å². The van der Waals surface area contributed by atoms with Crippen molar-refractivity contribution in [2.45, 2.75) is 13.8 Å². The Labute approximate surface area is 236 Å². The Bertz CT molecular complexity index is 1550. The van der Waals surface area contributed by atoms with Crippen LogP contribution in [0.4, 0.5) is 5.69 Å². The molecular formula is C31H26ClN3O5. The number of hydrogen-bond donors (Lipinski definition) is 2. The molecule has 0 radical (unpaired) electrons. The van der Waals surface area contributed by atoms with Gasteiger partial charge < -0.3 is 14.8 Å². The van der Waals surface area contributed by atoms with E-state index in [0.29, 0.717) is 39.8 Å². The predicted octanol–water partition coefficient (Wildman–Crippen LogP) is 6.28. The van der Waals surface area contributed by atoms with Gasteiger partial charge in [0.15, 0.2) is 11.5 Å². The maximum Gasteiger partial charge on any atom is 0.343 e. The minimum atomic E-state index is -0.517. The number of nitrogens with zero attached hydrogens (tertiary/aromatic N) is 1. The number of amides is 2. The molecule has 8 nitrogen and oxygen atoms in total. The van der Waals surface area contributed by atoms with Gasteiger partial charge in [-0.2, -0.15) is 5.10 Å². The van der Waals surface area contributed by atoms with Crippen molar-refractivity contribution in [3.8, 4) is 11.5 Å². The van der Waals surface area contributed by atoms with Crippen LogP contribution in [0.3, 0.4) is 0 Å². The number of ether oxygens (including phenoxy) is 2. The fourth-order valence-corrected chi connectivity index (χ4v) is 3.74. The molecule has 9 heteroatoms. The van der Waals surface area contributed by atoms with E-state index in [0.717, 1.165) is 5.56 Å². The lowest BCUT2D eigenvalue weighted by molar-refractivity contribution is 0.0728. The minimum absolute atomic E-state index is 0.232. The molecule has 0 aliphatic heterocycles. The van der Waals surface area contributed by atoms with Gasteiger partial charge in [-0.25, -0.2) is 10.2 Å². The minimum Gasteiger partial charge on any atom is -0.490 e. The van der Waals surface area contributed by atoms with Crippen LogP contribution in [0.5, 0.6) is 11.5 Å². The molecule has 4 rings (SSSR count). The second-order valence-corrected chi connectivity index (χ2v) is 9.04. The molecule has 2 N–H and O–H groups in total. The summed E-state index contributed by atoms with van der Waals surface area (Å²) < 4.78 is 11.2. The van der Waals surface area contributed by atoms with Crippen molar-refractivity contribution in [1.82, 2.24) is 5.43 Å². The quantitative estimate of drug-likeness (QED) is 0.109. The van der Waals surface area contributed by atoms with Gasteiger partial charge in [0.25, 0.3) is 11.8 Å². The first kappa shape index (κ1) is 28.1. The standard InChI is InChI=1S/C31H26ClN3O5/c1-3-39-28-18-21(10-17-27(28)40-31(38)23-11-8-20(2)9-12-23)19-33-35-30(37)25-6-4-5-7-26(25)34-29(36)22-13-15-24(32)16-14-22/h4-19H,3H2,1-2H3,(H,34,36)(H,35,37)/b33-19-. The Morgan fingerprint density at radius 2 is 1.55 bits per heavy atom. The summed E-state index contributed by atoms with van der Waals surface area (Å²) in [7, 11) is 0. The Hall–Kier alpha value is -4.95. The van der Waals surface area contributed by atoms with E-state index in [9.17, 15) is 14.4 Å². The largest absolute Gasteiger partial charge is 0.490 e. The van der Waals surface area contributed by atoms with E-state index in [1.54, 1.807) is 78.9 Å². The van der Waals surface area contributed by atoms with Gasteiger partial charge in [0, 0.05) is 10.6 Å². The Morgan fingerprint density at radius 1 is 0.850 bits per heavy atom. The van der Waals surface area contributed by atoms with Crippen LogP contribution in [0.15, 0.2) is 96.1 Å². The second kappa shape index (κ2) is 13.2. The van der Waals surface area contributed by atoms with E-state index in [1.807, 2.05) is 26.0 Å². The SMILES string of the molecule is CCOc1cc(/C=N\NC(=O)c2ccccc2NC(=O)c2ccc(Cl)cc2)ccc1OC(=O)c1ccc(C)cc1. The highest BCUT2D eigenvalue weighted by molar-refractivity contribution is 6.30. The molecule has 0 aliphatic carbocycles. The zero-order valence-corrected chi connectivity index (χ0v) is 22.6. The first-order chi connectivity index (χ1) is 19.3. The molecule has 0 fully saturated rings. The third-order valence-corrected chi connectivity index (χ3v) is 5.92. The number of nitrogens with one attached hydrogen (secondary N) is 2. The number of hydrogen-bond acceptors (Lipinski definition) is 6. The van der Waals surface area contributed by atoms with Crippen LogP contribution in [-0.2, 0) is 0 Å². The van der Waals surface area contributed by atoms with Gasteiger partial charge in [-0.3, -0.25) is 9.59 Å². The summed E-state index contributed by atoms with van der Waals surface area (Å²) in [5, 5.41) is 7.29. The second-order valence-electron chi connectivity index (χ2n) is 8.60. The number of benzene rings is 4. The monoisotopic (exact) mass is 555 g/mol. The maximum absolute atomic E-state index is 12.8. The average Bonchev–Trinajstić information content (AvgIpc) is 2.95. The average molecular weight is 556 g/mol. The maximum atomic E-state index is 12.8. The van der Waals surface area contributed by atoms with Crippen molar-refractivity contribution in [3.63, 3.8) is 0 Å². The highest BCUT2D eigenvalue weighted by atomic mass is 35.5. The van der Waals surface area contributed by atoms with Gasteiger partial charge in [0.2, 0.25) is 0 Å². The lowest BCUT2D eigenvalue weighted by Gasteiger charge is -2.12. The molecule has 0 saturated carbocycles. The summed E-state index contributed by atoms with van der Waals surface area (Å²) in [5.74, 6) is -0.784. The van der Waals surface area contributed by atoms with Gasteiger partial charge in [0.05, 0.1) is 29.6 Å². The highest BCUT2D eigenvalue weighted by Gasteiger charge is 2.15. The van der Waals surface area contributed by atoms with Crippen molar-refractivity contribution in [2.75, 3.05) is 11.9 Å². The van der Waals surface area contributed by atoms with Crippen LogP contribution in [0.2, 0.25) is 5.02 Å². The van der Waals surface area contributed by atoms with Crippen molar-refractivity contribution in [2.24, 2.45) is 5.10 Å². The van der Waals surface area contributed by atoms with Crippen molar-refractivity contribution >= 4 is 41.3 Å². The van der Waals surface area contributed by atoms with E-state index >= 15 is 0 Å². The summed E-state index contributed by atoms with van der Waals surface area (Å²) in [6, 6.07) is 25.0. The molecule has 202 valence electrons. The highest BCUT2D eigenvalue weighted by Crippen LogP contribution is 2.29. The number of rotatable bonds is 9. The van der Waals surface area contributed by atoms with E-state index in [1.165, 1.54) is 6.21 Å². The third-order valence-electron chi connectivity index (χ3n) is 5.66. The van der Waals surface area contributed by atoms with Gasteiger partial charge in [0.1, 0.15) is 0 Å². The van der Waals surface area contributed by atoms with E-state index in [2.05, 4.69) is 15.8 Å². The van der Waals surface area contributed by atoms with E-state index in [-0.39, 0.29) is 17.2 Å². The van der Waals surface area contributed by atoms with Crippen LogP contribution < -0.4 is 20.2 Å². The lowest BCUT2D eigenvalue weighted by Crippen LogP contribution is -2.21. The van der Waals surface area contributed by atoms with Crippen LogP contribution >= 0.6 is 11.6 Å². The molecule has 0 spiro atoms. The zero-order chi connectivity index (χ0) is 28.5. The molecule has 0 aliphatic rings. The Balaban J connectivity index is 1.43. The number of hydrazone groups is 1. The molecular weight excluding hydrogens is 530 g/mol. The first-order valence-electron chi connectivity index (χ1n) is 12.4. The van der Waals surface area contributed by atoms with Crippen LogP contribution in [0, 0.1) is 6.92 Å². The van der Waals surface area contributed by atoms with Crippen molar-refractivity contribution < 1.29 is 23.9 Å². The fourth-order valence-electron chi connectivity index (χ4n) is 3.62. The molecule has 0 saturated heterocycles. The zero-order valence-electron chi connectivity index (χ0n) is 21.8. The molecule has 4 aromatic carbocycles. The number of para-hydroxylation sites is 1. The lowest BCUT2D eigenvalue weighted by atomic mass is 10.1. The molecule has 0 atom stereocenters. The summed E-state index contributed by atoms with van der Waals surface area (Å²) in [6.45, 7) is 4.10. The molecule has 2 amide bonds. The first-order valence-corrected chi connectivity index (χ1v) is 12.8. The molecule has 0 aromatic heterocycles. The van der Waals surface area contributed by atoms with E-state index < -0.39 is 11.9 Å². The number of anilines is 1. The number of halogens is 1. The van der Waals surface area contributed by atoms with Crippen LogP contribution in [0.25, 0.3) is 0 Å².